The van der Waals surface area contributed by atoms with E-state index >= 15 is 0 Å². The Bertz CT molecular complexity index is 383. The maximum Gasteiger partial charge on any atom is 0.167 e. The average molecular weight is 238 g/mol. The Hall–Kier alpha value is -1.36. The van der Waals surface area contributed by atoms with Crippen LogP contribution in [0.3, 0.4) is 0 Å². The maximum absolute atomic E-state index is 5.15. The molecule has 5 heteroatoms. The van der Waals surface area contributed by atoms with Crippen molar-refractivity contribution < 1.29 is 0 Å². The van der Waals surface area contributed by atoms with Crippen LogP contribution in [-0.4, -0.2) is 21.4 Å². The number of hydrogen-bond donors (Lipinski definition) is 2. The minimum Gasteiger partial charge on any atom is -0.359 e. The van der Waals surface area contributed by atoms with Crippen LogP contribution in [0.15, 0.2) is 18.9 Å². The van der Waals surface area contributed by atoms with E-state index in [0.717, 1.165) is 11.3 Å². The van der Waals surface area contributed by atoms with Crippen molar-refractivity contribution in [1.29, 1.82) is 0 Å². The van der Waals surface area contributed by atoms with Gasteiger partial charge in [-0.2, -0.15) is 5.10 Å². The molecule has 1 unspecified atom stereocenters. The zero-order valence-electron chi connectivity index (χ0n) is 9.95. The number of rotatable bonds is 4. The van der Waals surface area contributed by atoms with Crippen LogP contribution in [0, 0.1) is 6.92 Å². The zero-order valence-corrected chi connectivity index (χ0v) is 10.8. The fourth-order valence-electron chi connectivity index (χ4n) is 1.43. The Balaban J connectivity index is 2.58. The molecule has 0 saturated heterocycles. The Kier molecular flexibility index (Phi) is 4.49. The molecular formula is C11H18N4S. The summed E-state index contributed by atoms with van der Waals surface area (Å²) in [5.74, 6) is 0. The first kappa shape index (κ1) is 12.7. The highest BCUT2D eigenvalue weighted by Crippen LogP contribution is 2.15. The molecule has 0 fully saturated rings. The lowest BCUT2D eigenvalue weighted by molar-refractivity contribution is 0.689. The molecule has 0 bridgehead atoms. The SMILES string of the molecule is C=CCNC(=S)NC(C)c1cnn(C)c1C. The second-order valence-electron chi connectivity index (χ2n) is 3.67. The molecule has 1 aromatic heterocycles. The van der Waals surface area contributed by atoms with Crippen molar-refractivity contribution in [2.75, 3.05) is 6.54 Å². The van der Waals surface area contributed by atoms with Crippen LogP contribution in [-0.2, 0) is 7.05 Å². The monoisotopic (exact) mass is 238 g/mol. The predicted molar refractivity (Wildman–Crippen MR) is 70.3 cm³/mol. The van der Waals surface area contributed by atoms with Gasteiger partial charge in [0.2, 0.25) is 0 Å². The second-order valence-corrected chi connectivity index (χ2v) is 4.08. The predicted octanol–water partition coefficient (Wildman–Crippen LogP) is 1.44. The van der Waals surface area contributed by atoms with Crippen molar-refractivity contribution in [2.45, 2.75) is 19.9 Å². The summed E-state index contributed by atoms with van der Waals surface area (Å²) in [5, 5.41) is 11.1. The van der Waals surface area contributed by atoms with Gasteiger partial charge in [-0.1, -0.05) is 6.08 Å². The van der Waals surface area contributed by atoms with Gasteiger partial charge in [-0.15, -0.1) is 6.58 Å². The molecule has 0 radical (unpaired) electrons. The normalized spacial score (nSPS) is 11.9. The fraction of sp³-hybridized carbons (Fsp3) is 0.455. The highest BCUT2D eigenvalue weighted by Gasteiger charge is 2.12. The van der Waals surface area contributed by atoms with E-state index in [1.165, 1.54) is 0 Å². The van der Waals surface area contributed by atoms with E-state index in [-0.39, 0.29) is 6.04 Å². The molecule has 0 aliphatic carbocycles. The first-order chi connectivity index (χ1) is 7.56. The van der Waals surface area contributed by atoms with E-state index in [2.05, 4.69) is 29.2 Å². The Morgan fingerprint density at radius 1 is 1.75 bits per heavy atom. The second kappa shape index (κ2) is 5.65. The van der Waals surface area contributed by atoms with E-state index in [4.69, 9.17) is 12.2 Å². The van der Waals surface area contributed by atoms with E-state index in [1.807, 2.05) is 24.9 Å². The van der Waals surface area contributed by atoms with Crippen molar-refractivity contribution in [2.24, 2.45) is 7.05 Å². The topological polar surface area (TPSA) is 41.9 Å². The molecule has 2 N–H and O–H groups in total. The summed E-state index contributed by atoms with van der Waals surface area (Å²) in [6.07, 6.45) is 3.64. The number of nitrogens with zero attached hydrogens (tertiary/aromatic N) is 2. The van der Waals surface area contributed by atoms with Crippen LogP contribution in [0.4, 0.5) is 0 Å². The Morgan fingerprint density at radius 3 is 2.94 bits per heavy atom. The summed E-state index contributed by atoms with van der Waals surface area (Å²) in [5.41, 5.74) is 2.30. The molecule has 1 aromatic rings. The smallest absolute Gasteiger partial charge is 0.167 e. The van der Waals surface area contributed by atoms with Gasteiger partial charge < -0.3 is 10.6 Å². The van der Waals surface area contributed by atoms with Crippen molar-refractivity contribution in [3.8, 4) is 0 Å². The number of nitrogens with one attached hydrogen (secondary N) is 2. The molecule has 88 valence electrons. The summed E-state index contributed by atoms with van der Waals surface area (Å²) >= 11 is 5.15. The third-order valence-electron chi connectivity index (χ3n) is 2.49. The highest BCUT2D eigenvalue weighted by atomic mass is 32.1. The molecule has 1 heterocycles. The minimum absolute atomic E-state index is 0.151. The van der Waals surface area contributed by atoms with Gasteiger partial charge in [0.05, 0.1) is 12.2 Å². The molecule has 0 spiro atoms. The van der Waals surface area contributed by atoms with E-state index in [0.29, 0.717) is 11.7 Å². The Labute approximate surface area is 102 Å². The van der Waals surface area contributed by atoms with Crippen LogP contribution in [0.2, 0.25) is 0 Å². The van der Waals surface area contributed by atoms with Crippen molar-refractivity contribution in [3.05, 3.63) is 30.1 Å². The largest absolute Gasteiger partial charge is 0.359 e. The van der Waals surface area contributed by atoms with E-state index in [1.54, 1.807) is 6.08 Å². The van der Waals surface area contributed by atoms with Crippen LogP contribution in [0.5, 0.6) is 0 Å². The van der Waals surface area contributed by atoms with Gasteiger partial charge in [0, 0.05) is 24.8 Å². The highest BCUT2D eigenvalue weighted by molar-refractivity contribution is 7.80. The van der Waals surface area contributed by atoms with Crippen molar-refractivity contribution >= 4 is 17.3 Å². The van der Waals surface area contributed by atoms with Gasteiger partial charge in [-0.05, 0) is 26.1 Å². The van der Waals surface area contributed by atoms with Gasteiger partial charge in [-0.25, -0.2) is 0 Å². The summed E-state index contributed by atoms with van der Waals surface area (Å²) < 4.78 is 1.85. The molecular weight excluding hydrogens is 220 g/mol. The minimum atomic E-state index is 0.151. The van der Waals surface area contributed by atoms with E-state index in [9.17, 15) is 0 Å². The van der Waals surface area contributed by atoms with E-state index < -0.39 is 0 Å². The number of hydrogen-bond acceptors (Lipinski definition) is 2. The van der Waals surface area contributed by atoms with Gasteiger partial charge in [0.1, 0.15) is 0 Å². The first-order valence-electron chi connectivity index (χ1n) is 5.20. The molecule has 0 saturated carbocycles. The third-order valence-corrected chi connectivity index (χ3v) is 2.76. The van der Waals surface area contributed by atoms with Crippen LogP contribution in [0.25, 0.3) is 0 Å². The van der Waals surface area contributed by atoms with Gasteiger partial charge in [0.25, 0.3) is 0 Å². The van der Waals surface area contributed by atoms with Crippen molar-refractivity contribution in [3.63, 3.8) is 0 Å². The molecule has 0 aromatic carbocycles. The molecule has 16 heavy (non-hydrogen) atoms. The molecule has 4 nitrogen and oxygen atoms in total. The molecule has 0 amide bonds. The molecule has 0 aliphatic rings. The first-order valence-corrected chi connectivity index (χ1v) is 5.60. The summed E-state index contributed by atoms with van der Waals surface area (Å²) in [6, 6.07) is 0.151. The summed E-state index contributed by atoms with van der Waals surface area (Å²) in [6.45, 7) is 8.40. The summed E-state index contributed by atoms with van der Waals surface area (Å²) in [7, 11) is 1.93. The van der Waals surface area contributed by atoms with Gasteiger partial charge >= 0.3 is 0 Å². The quantitative estimate of drug-likeness (QED) is 0.615. The maximum atomic E-state index is 5.15. The van der Waals surface area contributed by atoms with Crippen molar-refractivity contribution in [1.82, 2.24) is 20.4 Å². The number of thiocarbonyl (C=S) groups is 1. The fourth-order valence-corrected chi connectivity index (χ4v) is 1.69. The van der Waals surface area contributed by atoms with Gasteiger partial charge in [0.15, 0.2) is 5.11 Å². The lowest BCUT2D eigenvalue weighted by Crippen LogP contribution is -2.36. The lowest BCUT2D eigenvalue weighted by Gasteiger charge is -2.16. The van der Waals surface area contributed by atoms with Crippen LogP contribution in [0.1, 0.15) is 24.2 Å². The lowest BCUT2D eigenvalue weighted by atomic mass is 10.1. The zero-order chi connectivity index (χ0) is 12.1. The standard InChI is InChI=1S/C11H18N4S/c1-5-6-12-11(16)14-8(2)10-7-13-15(4)9(10)3/h5,7-8H,1,6H2,2-4H3,(H2,12,14,16). The summed E-state index contributed by atoms with van der Waals surface area (Å²) in [4.78, 5) is 0. The average Bonchev–Trinajstić information content (AvgIpc) is 2.57. The molecule has 0 aliphatic heterocycles. The number of aryl methyl sites for hydroxylation is 1. The molecule has 1 rings (SSSR count). The third kappa shape index (κ3) is 3.06. The van der Waals surface area contributed by atoms with Gasteiger partial charge in [-0.3, -0.25) is 4.68 Å². The van der Waals surface area contributed by atoms with Crippen LogP contribution >= 0.6 is 12.2 Å². The number of aromatic nitrogens is 2. The Morgan fingerprint density at radius 2 is 2.44 bits per heavy atom. The van der Waals surface area contributed by atoms with Crippen LogP contribution < -0.4 is 10.6 Å². The molecule has 1 atom stereocenters.